The van der Waals surface area contributed by atoms with Crippen LogP contribution in [0.4, 0.5) is 0 Å². The number of benzene rings is 1. The monoisotopic (exact) mass is 261 g/mol. The summed E-state index contributed by atoms with van der Waals surface area (Å²) >= 11 is 0. The number of hydrogen-bond acceptors (Lipinski definition) is 3. The molecule has 0 aromatic heterocycles. The van der Waals surface area contributed by atoms with E-state index in [1.54, 1.807) is 12.1 Å². The van der Waals surface area contributed by atoms with Gasteiger partial charge in [-0.2, -0.15) is 5.26 Å². The summed E-state index contributed by atoms with van der Waals surface area (Å²) in [4.78, 5) is 10.6. The van der Waals surface area contributed by atoms with Crippen LogP contribution in [-0.2, 0) is 21.4 Å². The average Bonchev–Trinajstić information content (AvgIpc) is 2.91. The fraction of sp³-hybridized carbons (Fsp3) is 0.467. The van der Waals surface area contributed by atoms with Crippen LogP contribution in [0.3, 0.4) is 0 Å². The SMILES string of the molecule is CC.N#CC1(c2ccc(CC(=O)O)cc2)CCOC1. The van der Waals surface area contributed by atoms with Crippen molar-refractivity contribution in [3.63, 3.8) is 0 Å². The van der Waals surface area contributed by atoms with Gasteiger partial charge in [-0.1, -0.05) is 38.1 Å². The predicted molar refractivity (Wildman–Crippen MR) is 71.9 cm³/mol. The highest BCUT2D eigenvalue weighted by atomic mass is 16.5. The van der Waals surface area contributed by atoms with Gasteiger partial charge in [-0.05, 0) is 17.5 Å². The third-order valence-electron chi connectivity index (χ3n) is 3.10. The maximum atomic E-state index is 10.6. The predicted octanol–water partition coefficient (Wildman–Crippen LogP) is 2.52. The molecule has 19 heavy (non-hydrogen) atoms. The molecule has 1 atom stereocenters. The van der Waals surface area contributed by atoms with Gasteiger partial charge in [-0.25, -0.2) is 0 Å². The lowest BCUT2D eigenvalue weighted by atomic mass is 9.81. The van der Waals surface area contributed by atoms with Gasteiger partial charge in [0.25, 0.3) is 0 Å². The quantitative estimate of drug-likeness (QED) is 0.907. The number of carboxylic acid groups (broad SMARTS) is 1. The van der Waals surface area contributed by atoms with Gasteiger partial charge in [-0.15, -0.1) is 0 Å². The third kappa shape index (κ3) is 3.55. The van der Waals surface area contributed by atoms with Gasteiger partial charge in [0, 0.05) is 6.61 Å². The van der Waals surface area contributed by atoms with Crippen molar-refractivity contribution in [1.82, 2.24) is 0 Å². The van der Waals surface area contributed by atoms with Gasteiger partial charge in [0.1, 0.15) is 5.41 Å². The summed E-state index contributed by atoms with van der Waals surface area (Å²) in [6, 6.07) is 9.50. The first-order valence-electron chi connectivity index (χ1n) is 6.46. The average molecular weight is 261 g/mol. The van der Waals surface area contributed by atoms with Crippen LogP contribution >= 0.6 is 0 Å². The molecule has 1 aliphatic rings. The molecule has 1 aromatic rings. The zero-order valence-corrected chi connectivity index (χ0v) is 11.3. The van der Waals surface area contributed by atoms with Crippen molar-refractivity contribution in [1.29, 1.82) is 5.26 Å². The Morgan fingerprint density at radius 3 is 2.47 bits per heavy atom. The molecule has 0 bridgehead atoms. The Balaban J connectivity index is 0.000000861. The maximum absolute atomic E-state index is 10.6. The number of nitriles is 1. The molecule has 2 rings (SSSR count). The number of carboxylic acids is 1. The molecule has 102 valence electrons. The lowest BCUT2D eigenvalue weighted by Crippen LogP contribution is -2.24. The molecule has 1 fully saturated rings. The topological polar surface area (TPSA) is 70.3 Å². The van der Waals surface area contributed by atoms with Crippen molar-refractivity contribution in [2.45, 2.75) is 32.1 Å². The summed E-state index contributed by atoms with van der Waals surface area (Å²) in [6.07, 6.45) is 0.706. The van der Waals surface area contributed by atoms with Crippen LogP contribution in [0.2, 0.25) is 0 Å². The Morgan fingerprint density at radius 2 is 2.05 bits per heavy atom. The minimum Gasteiger partial charge on any atom is -0.481 e. The van der Waals surface area contributed by atoms with E-state index in [4.69, 9.17) is 9.84 Å². The largest absolute Gasteiger partial charge is 0.481 e. The second kappa shape index (κ2) is 6.91. The summed E-state index contributed by atoms with van der Waals surface area (Å²) < 4.78 is 5.28. The van der Waals surface area contributed by atoms with Gasteiger partial charge in [0.05, 0.1) is 19.1 Å². The minimum atomic E-state index is -0.850. The highest BCUT2D eigenvalue weighted by Crippen LogP contribution is 2.32. The van der Waals surface area contributed by atoms with E-state index in [1.807, 2.05) is 26.0 Å². The van der Waals surface area contributed by atoms with Crippen molar-refractivity contribution in [3.05, 3.63) is 35.4 Å². The zero-order valence-electron chi connectivity index (χ0n) is 11.3. The van der Waals surface area contributed by atoms with Crippen molar-refractivity contribution in [3.8, 4) is 6.07 Å². The van der Waals surface area contributed by atoms with Gasteiger partial charge in [0.15, 0.2) is 0 Å². The molecule has 0 saturated carbocycles. The summed E-state index contributed by atoms with van der Waals surface area (Å²) in [6.45, 7) is 5.02. The van der Waals surface area contributed by atoms with E-state index in [2.05, 4.69) is 6.07 Å². The molecule has 4 heteroatoms. The number of nitrogens with zero attached hydrogens (tertiary/aromatic N) is 1. The number of aliphatic carboxylic acids is 1. The highest BCUT2D eigenvalue weighted by molar-refractivity contribution is 5.70. The molecule has 1 aliphatic heterocycles. The molecule has 1 aromatic carbocycles. The molecule has 1 unspecified atom stereocenters. The van der Waals surface area contributed by atoms with Crippen LogP contribution in [0, 0.1) is 11.3 Å². The Morgan fingerprint density at radius 1 is 1.42 bits per heavy atom. The molecule has 0 spiro atoms. The molecule has 0 radical (unpaired) electrons. The molecule has 1 saturated heterocycles. The van der Waals surface area contributed by atoms with Gasteiger partial charge in [0.2, 0.25) is 0 Å². The van der Waals surface area contributed by atoms with Crippen LogP contribution in [0.15, 0.2) is 24.3 Å². The second-order valence-electron chi connectivity index (χ2n) is 4.26. The van der Waals surface area contributed by atoms with E-state index >= 15 is 0 Å². The smallest absolute Gasteiger partial charge is 0.307 e. The number of carbonyl (C=O) groups is 1. The first kappa shape index (κ1) is 15.2. The Bertz CT molecular complexity index is 453. The van der Waals surface area contributed by atoms with E-state index in [0.29, 0.717) is 19.6 Å². The summed E-state index contributed by atoms with van der Waals surface area (Å²) in [7, 11) is 0. The Kier molecular flexibility index (Phi) is 5.53. The van der Waals surface area contributed by atoms with E-state index in [1.165, 1.54) is 0 Å². The van der Waals surface area contributed by atoms with Crippen LogP contribution in [0.1, 0.15) is 31.4 Å². The van der Waals surface area contributed by atoms with Crippen LogP contribution in [0.5, 0.6) is 0 Å². The molecule has 0 amide bonds. The van der Waals surface area contributed by atoms with Crippen molar-refractivity contribution >= 4 is 5.97 Å². The molecule has 1 N–H and O–H groups in total. The van der Waals surface area contributed by atoms with Gasteiger partial charge in [-0.3, -0.25) is 4.79 Å². The van der Waals surface area contributed by atoms with Crippen molar-refractivity contribution in [2.24, 2.45) is 0 Å². The van der Waals surface area contributed by atoms with E-state index < -0.39 is 11.4 Å². The number of rotatable bonds is 3. The lowest BCUT2D eigenvalue weighted by molar-refractivity contribution is -0.136. The molecule has 1 heterocycles. The lowest BCUT2D eigenvalue weighted by Gasteiger charge is -2.18. The summed E-state index contributed by atoms with van der Waals surface area (Å²) in [5.41, 5.74) is 1.10. The van der Waals surface area contributed by atoms with Crippen LogP contribution in [-0.4, -0.2) is 24.3 Å². The molecular weight excluding hydrogens is 242 g/mol. The molecule has 4 nitrogen and oxygen atoms in total. The molecular formula is C15H19NO3. The molecule has 0 aliphatic carbocycles. The second-order valence-corrected chi connectivity index (χ2v) is 4.26. The fourth-order valence-electron chi connectivity index (χ4n) is 2.06. The normalized spacial score (nSPS) is 21.1. The Labute approximate surface area is 113 Å². The Hall–Kier alpha value is -1.86. The van der Waals surface area contributed by atoms with Crippen molar-refractivity contribution in [2.75, 3.05) is 13.2 Å². The maximum Gasteiger partial charge on any atom is 0.307 e. The number of hydrogen-bond donors (Lipinski definition) is 1. The van der Waals surface area contributed by atoms with E-state index in [-0.39, 0.29) is 6.42 Å². The first-order chi connectivity index (χ1) is 9.16. The zero-order chi connectivity index (χ0) is 14.3. The fourth-order valence-corrected chi connectivity index (χ4v) is 2.06. The summed E-state index contributed by atoms with van der Waals surface area (Å²) in [5, 5.41) is 17.9. The van der Waals surface area contributed by atoms with Gasteiger partial charge < -0.3 is 9.84 Å². The minimum absolute atomic E-state index is 0.0103. The van der Waals surface area contributed by atoms with Crippen LogP contribution < -0.4 is 0 Å². The number of ether oxygens (including phenoxy) is 1. The highest BCUT2D eigenvalue weighted by Gasteiger charge is 2.36. The van der Waals surface area contributed by atoms with Crippen molar-refractivity contribution < 1.29 is 14.6 Å². The van der Waals surface area contributed by atoms with Gasteiger partial charge >= 0.3 is 5.97 Å². The summed E-state index contributed by atoms with van der Waals surface area (Å²) in [5.74, 6) is -0.850. The third-order valence-corrected chi connectivity index (χ3v) is 3.10. The first-order valence-corrected chi connectivity index (χ1v) is 6.46. The van der Waals surface area contributed by atoms with Crippen LogP contribution in [0.25, 0.3) is 0 Å². The standard InChI is InChI=1S/C13H13NO3.C2H6/c14-8-13(5-6-17-9-13)11-3-1-10(2-4-11)7-12(15)16;1-2/h1-4H,5-7,9H2,(H,15,16);1-2H3. The van der Waals surface area contributed by atoms with E-state index in [9.17, 15) is 10.1 Å². The van der Waals surface area contributed by atoms with E-state index in [0.717, 1.165) is 11.1 Å².